The molecule has 1 aromatic carbocycles. The molecule has 4 N–H and O–H groups in total. The summed E-state index contributed by atoms with van der Waals surface area (Å²) in [5, 5.41) is 3.27. The van der Waals surface area contributed by atoms with E-state index in [4.69, 9.17) is 11.5 Å². The summed E-state index contributed by atoms with van der Waals surface area (Å²) < 4.78 is 52.7. The van der Waals surface area contributed by atoms with Crippen LogP contribution in [-0.4, -0.2) is 19.8 Å². The van der Waals surface area contributed by atoms with Crippen LogP contribution < -0.4 is 11.5 Å². The zero-order valence-corrected chi connectivity index (χ0v) is 11.3. The van der Waals surface area contributed by atoms with Crippen molar-refractivity contribution in [3.05, 3.63) is 35.7 Å². The van der Waals surface area contributed by atoms with E-state index < -0.39 is 28.4 Å². The van der Waals surface area contributed by atoms with E-state index >= 15 is 0 Å². The molecule has 0 spiro atoms. The lowest BCUT2D eigenvalue weighted by atomic mass is 10.1. The first kappa shape index (κ1) is 15.6. The lowest BCUT2D eigenvalue weighted by molar-refractivity contribution is -0.159. The Morgan fingerprint density at radius 2 is 1.86 bits per heavy atom. The van der Waals surface area contributed by atoms with Crippen LogP contribution in [0.1, 0.15) is 11.5 Å². The summed E-state index contributed by atoms with van der Waals surface area (Å²) >= 11 is 0. The van der Waals surface area contributed by atoms with Crippen molar-refractivity contribution < 1.29 is 21.9 Å². The van der Waals surface area contributed by atoms with Gasteiger partial charge in [0.15, 0.2) is 0 Å². The minimum absolute atomic E-state index is 0.151. The number of aromatic nitrogens is 2. The Morgan fingerprint density at radius 1 is 1.24 bits per heavy atom. The summed E-state index contributed by atoms with van der Waals surface area (Å²) in [4.78, 5) is 3.27. The maximum absolute atomic E-state index is 12.3. The summed E-state index contributed by atoms with van der Waals surface area (Å²) in [6.45, 7) is 0. The smallest absolute Gasteiger partial charge is 0.329 e. The number of nitrogens with two attached hydrogens (primary N) is 2. The molecule has 0 amide bonds. The fourth-order valence-electron chi connectivity index (χ4n) is 1.47. The third-order valence-corrected chi connectivity index (χ3v) is 3.72. The minimum Gasteiger partial charge on any atom is -0.329 e. The van der Waals surface area contributed by atoms with Gasteiger partial charge in [-0.3, -0.25) is 4.21 Å². The molecule has 2 rings (SSSR count). The SMILES string of the molecule is NC(N)S(=O)Cc1ccc(-c2noc(C(F)(F)F)n2)cc1. The molecule has 1 unspecified atom stereocenters. The lowest BCUT2D eigenvalue weighted by Crippen LogP contribution is -2.35. The number of halogens is 3. The van der Waals surface area contributed by atoms with E-state index in [2.05, 4.69) is 14.7 Å². The predicted octanol–water partition coefficient (Wildman–Crippen LogP) is 1.21. The van der Waals surface area contributed by atoms with E-state index in [9.17, 15) is 17.4 Å². The normalized spacial score (nSPS) is 13.6. The average molecular weight is 320 g/mol. The van der Waals surface area contributed by atoms with Crippen LogP contribution in [-0.2, 0) is 22.7 Å². The fraction of sp³-hybridized carbons (Fsp3) is 0.273. The van der Waals surface area contributed by atoms with E-state index in [0.29, 0.717) is 11.1 Å². The van der Waals surface area contributed by atoms with Gasteiger partial charge in [0, 0.05) is 5.56 Å². The van der Waals surface area contributed by atoms with E-state index in [1.54, 1.807) is 12.1 Å². The molecular weight excluding hydrogens is 309 g/mol. The molecule has 0 aliphatic heterocycles. The maximum Gasteiger partial charge on any atom is 0.471 e. The van der Waals surface area contributed by atoms with Crippen LogP contribution >= 0.6 is 0 Å². The first-order valence-corrected chi connectivity index (χ1v) is 7.04. The second kappa shape index (κ2) is 5.92. The summed E-state index contributed by atoms with van der Waals surface area (Å²) in [6, 6.07) is 6.16. The Balaban J connectivity index is 2.16. The first-order valence-electron chi connectivity index (χ1n) is 5.66. The van der Waals surface area contributed by atoms with E-state index in [0.717, 1.165) is 0 Å². The van der Waals surface area contributed by atoms with Crippen LogP contribution in [0, 0.1) is 0 Å². The molecule has 10 heteroatoms. The molecule has 114 valence electrons. The van der Waals surface area contributed by atoms with Crippen molar-refractivity contribution in [3.63, 3.8) is 0 Å². The van der Waals surface area contributed by atoms with E-state index in [-0.39, 0.29) is 11.6 Å². The van der Waals surface area contributed by atoms with Gasteiger partial charge in [0.05, 0.1) is 16.6 Å². The molecule has 1 atom stereocenters. The molecule has 1 aromatic heterocycles. The number of benzene rings is 1. The van der Waals surface area contributed by atoms with Gasteiger partial charge in [-0.05, 0) is 5.56 Å². The zero-order valence-electron chi connectivity index (χ0n) is 10.5. The molecule has 0 aliphatic carbocycles. The van der Waals surface area contributed by atoms with Gasteiger partial charge in [-0.15, -0.1) is 0 Å². The van der Waals surface area contributed by atoms with Crippen LogP contribution in [0.25, 0.3) is 11.4 Å². The monoisotopic (exact) mass is 320 g/mol. The summed E-state index contributed by atoms with van der Waals surface area (Å²) in [5.74, 6) is -1.43. The highest BCUT2D eigenvalue weighted by atomic mass is 32.2. The molecular formula is C11H11F3N4O2S. The number of rotatable bonds is 4. The van der Waals surface area contributed by atoms with Crippen LogP contribution in [0.2, 0.25) is 0 Å². The van der Waals surface area contributed by atoms with Crippen molar-refractivity contribution in [2.45, 2.75) is 17.4 Å². The van der Waals surface area contributed by atoms with Crippen LogP contribution in [0.5, 0.6) is 0 Å². The topological polar surface area (TPSA) is 108 Å². The number of hydrogen-bond donors (Lipinski definition) is 2. The third kappa shape index (κ3) is 3.86. The second-order valence-corrected chi connectivity index (χ2v) is 5.70. The molecule has 0 radical (unpaired) electrons. The standard InChI is InChI=1S/C11H11F3N4O2S/c12-11(13,14)9-17-8(18-20-9)7-3-1-6(2-4-7)5-21(19)10(15)16/h1-4,10H,5,15-16H2. The Morgan fingerprint density at radius 3 is 2.33 bits per heavy atom. The van der Waals surface area contributed by atoms with Gasteiger partial charge in [0.25, 0.3) is 0 Å². The van der Waals surface area contributed by atoms with Crippen molar-refractivity contribution in [3.8, 4) is 11.4 Å². The lowest BCUT2D eigenvalue weighted by Gasteiger charge is -2.05. The third-order valence-electron chi connectivity index (χ3n) is 2.49. The molecule has 0 fully saturated rings. The largest absolute Gasteiger partial charge is 0.471 e. The summed E-state index contributed by atoms with van der Waals surface area (Å²) in [5.41, 5.74) is 10.7. The molecule has 0 bridgehead atoms. The van der Waals surface area contributed by atoms with Gasteiger partial charge in [0.1, 0.15) is 5.50 Å². The maximum atomic E-state index is 12.3. The molecule has 2 aromatic rings. The number of hydrogen-bond acceptors (Lipinski definition) is 6. The number of nitrogens with zero attached hydrogens (tertiary/aromatic N) is 2. The van der Waals surface area contributed by atoms with E-state index in [1.807, 2.05) is 0 Å². The average Bonchev–Trinajstić information content (AvgIpc) is 2.89. The molecule has 0 saturated carbocycles. The van der Waals surface area contributed by atoms with Gasteiger partial charge in [-0.1, -0.05) is 29.4 Å². The molecule has 0 saturated heterocycles. The fourth-order valence-corrected chi connectivity index (χ4v) is 2.18. The zero-order chi connectivity index (χ0) is 15.6. The Hall–Kier alpha value is -1.78. The second-order valence-electron chi connectivity index (χ2n) is 4.11. The highest BCUT2D eigenvalue weighted by Crippen LogP contribution is 2.29. The van der Waals surface area contributed by atoms with Crippen LogP contribution in [0.3, 0.4) is 0 Å². The van der Waals surface area contributed by atoms with Crippen LogP contribution in [0.15, 0.2) is 28.8 Å². The van der Waals surface area contributed by atoms with Crippen molar-refractivity contribution in [1.82, 2.24) is 10.1 Å². The molecule has 0 aliphatic rings. The highest BCUT2D eigenvalue weighted by Gasteiger charge is 2.38. The van der Waals surface area contributed by atoms with Crippen molar-refractivity contribution >= 4 is 10.8 Å². The van der Waals surface area contributed by atoms with Gasteiger partial charge < -0.3 is 16.0 Å². The van der Waals surface area contributed by atoms with Gasteiger partial charge in [0.2, 0.25) is 5.82 Å². The minimum atomic E-state index is -4.68. The quantitative estimate of drug-likeness (QED) is 0.820. The Bertz CT molecular complexity index is 640. The van der Waals surface area contributed by atoms with Crippen LogP contribution in [0.4, 0.5) is 13.2 Å². The van der Waals surface area contributed by atoms with Gasteiger partial charge in [-0.25, -0.2) is 0 Å². The number of alkyl halides is 3. The van der Waals surface area contributed by atoms with Gasteiger partial charge in [-0.2, -0.15) is 18.2 Å². The van der Waals surface area contributed by atoms with Crippen molar-refractivity contribution in [1.29, 1.82) is 0 Å². The Labute approximate surface area is 119 Å². The van der Waals surface area contributed by atoms with E-state index in [1.165, 1.54) is 12.1 Å². The van der Waals surface area contributed by atoms with Gasteiger partial charge >= 0.3 is 12.1 Å². The highest BCUT2D eigenvalue weighted by molar-refractivity contribution is 7.84. The molecule has 1 heterocycles. The molecule has 6 nitrogen and oxygen atoms in total. The van der Waals surface area contributed by atoms with Crippen molar-refractivity contribution in [2.75, 3.05) is 0 Å². The first-order chi connectivity index (χ1) is 9.77. The van der Waals surface area contributed by atoms with Crippen molar-refractivity contribution in [2.24, 2.45) is 11.5 Å². The predicted molar refractivity (Wildman–Crippen MR) is 68.7 cm³/mol. The molecule has 21 heavy (non-hydrogen) atoms. The Kier molecular flexibility index (Phi) is 4.40. The summed E-state index contributed by atoms with van der Waals surface area (Å²) in [6.07, 6.45) is -4.68. The summed E-state index contributed by atoms with van der Waals surface area (Å²) in [7, 11) is -1.42.